The SMILES string of the molecule is Cc1cccc(CNc2nc3ccccc3[nH]2)c1. The molecule has 1 aromatic heterocycles. The molecule has 0 unspecified atom stereocenters. The van der Waals surface area contributed by atoms with E-state index in [4.69, 9.17) is 0 Å². The van der Waals surface area contributed by atoms with E-state index in [2.05, 4.69) is 46.5 Å². The molecule has 0 spiro atoms. The lowest BCUT2D eigenvalue weighted by molar-refractivity contribution is 1.09. The summed E-state index contributed by atoms with van der Waals surface area (Å²) in [6, 6.07) is 16.5. The maximum Gasteiger partial charge on any atom is 0.201 e. The Labute approximate surface area is 106 Å². The number of hydrogen-bond donors (Lipinski definition) is 2. The Balaban J connectivity index is 1.76. The molecule has 0 atom stereocenters. The molecule has 90 valence electrons. The molecule has 3 aromatic rings. The van der Waals surface area contributed by atoms with Crippen molar-refractivity contribution in [1.29, 1.82) is 0 Å². The lowest BCUT2D eigenvalue weighted by atomic mass is 10.1. The number of aromatic amines is 1. The lowest BCUT2D eigenvalue weighted by Gasteiger charge is -2.03. The van der Waals surface area contributed by atoms with Crippen LogP contribution < -0.4 is 5.32 Å². The Hall–Kier alpha value is -2.29. The van der Waals surface area contributed by atoms with Crippen LogP contribution in [0.25, 0.3) is 11.0 Å². The van der Waals surface area contributed by atoms with E-state index in [1.165, 1.54) is 11.1 Å². The van der Waals surface area contributed by atoms with Crippen molar-refractivity contribution >= 4 is 17.0 Å². The summed E-state index contributed by atoms with van der Waals surface area (Å²) in [5, 5.41) is 3.31. The van der Waals surface area contributed by atoms with Gasteiger partial charge < -0.3 is 10.3 Å². The summed E-state index contributed by atoms with van der Waals surface area (Å²) in [4.78, 5) is 7.74. The number of aryl methyl sites for hydroxylation is 1. The fourth-order valence-corrected chi connectivity index (χ4v) is 2.04. The fourth-order valence-electron chi connectivity index (χ4n) is 2.04. The standard InChI is InChI=1S/C15H15N3/c1-11-5-4-6-12(9-11)10-16-15-17-13-7-2-3-8-14(13)18-15/h2-9H,10H2,1H3,(H2,16,17,18). The van der Waals surface area contributed by atoms with Gasteiger partial charge >= 0.3 is 0 Å². The normalized spacial score (nSPS) is 10.7. The van der Waals surface area contributed by atoms with Crippen LogP contribution in [0, 0.1) is 6.92 Å². The summed E-state index contributed by atoms with van der Waals surface area (Å²) >= 11 is 0. The van der Waals surface area contributed by atoms with Crippen LogP contribution in [-0.4, -0.2) is 9.97 Å². The highest BCUT2D eigenvalue weighted by atomic mass is 15.1. The third-order valence-corrected chi connectivity index (χ3v) is 2.93. The van der Waals surface area contributed by atoms with Gasteiger partial charge in [0.15, 0.2) is 0 Å². The Morgan fingerprint density at radius 1 is 1.11 bits per heavy atom. The second kappa shape index (κ2) is 4.53. The van der Waals surface area contributed by atoms with Crippen molar-refractivity contribution in [3.63, 3.8) is 0 Å². The first-order valence-corrected chi connectivity index (χ1v) is 6.05. The van der Waals surface area contributed by atoms with Gasteiger partial charge in [-0.3, -0.25) is 0 Å². The highest BCUT2D eigenvalue weighted by Crippen LogP contribution is 2.14. The quantitative estimate of drug-likeness (QED) is 0.732. The highest BCUT2D eigenvalue weighted by molar-refractivity contribution is 5.77. The fraction of sp³-hybridized carbons (Fsp3) is 0.133. The Kier molecular flexibility index (Phi) is 2.73. The van der Waals surface area contributed by atoms with Crippen LogP contribution in [0.3, 0.4) is 0 Å². The molecule has 18 heavy (non-hydrogen) atoms. The molecular formula is C15H15N3. The summed E-state index contributed by atoms with van der Waals surface area (Å²) < 4.78 is 0. The number of imidazole rings is 1. The van der Waals surface area contributed by atoms with Crippen molar-refractivity contribution in [1.82, 2.24) is 9.97 Å². The Bertz CT molecular complexity index is 637. The summed E-state index contributed by atoms with van der Waals surface area (Å²) in [6.07, 6.45) is 0. The molecule has 0 aliphatic rings. The van der Waals surface area contributed by atoms with Gasteiger partial charge in [0, 0.05) is 6.54 Å². The number of para-hydroxylation sites is 2. The minimum atomic E-state index is 0.779. The number of rotatable bonds is 3. The Morgan fingerprint density at radius 2 is 2.00 bits per heavy atom. The summed E-state index contributed by atoms with van der Waals surface area (Å²) in [5.74, 6) is 0.817. The molecular weight excluding hydrogens is 222 g/mol. The van der Waals surface area contributed by atoms with Gasteiger partial charge in [0.25, 0.3) is 0 Å². The molecule has 0 fully saturated rings. The third kappa shape index (κ3) is 2.20. The molecule has 0 saturated carbocycles. The number of nitrogens with zero attached hydrogens (tertiary/aromatic N) is 1. The van der Waals surface area contributed by atoms with Crippen molar-refractivity contribution in [3.05, 3.63) is 59.7 Å². The first-order chi connectivity index (χ1) is 8.81. The van der Waals surface area contributed by atoms with E-state index < -0.39 is 0 Å². The van der Waals surface area contributed by atoms with Crippen LogP contribution in [0.1, 0.15) is 11.1 Å². The molecule has 3 rings (SSSR count). The number of anilines is 1. The highest BCUT2D eigenvalue weighted by Gasteiger charge is 2.01. The van der Waals surface area contributed by atoms with Crippen LogP contribution in [0.2, 0.25) is 0 Å². The van der Waals surface area contributed by atoms with E-state index in [1.54, 1.807) is 0 Å². The largest absolute Gasteiger partial charge is 0.352 e. The van der Waals surface area contributed by atoms with Gasteiger partial charge in [-0.15, -0.1) is 0 Å². The number of nitrogens with one attached hydrogen (secondary N) is 2. The molecule has 2 N–H and O–H groups in total. The second-order valence-corrected chi connectivity index (χ2v) is 4.45. The van der Waals surface area contributed by atoms with E-state index in [1.807, 2.05) is 24.3 Å². The number of fused-ring (bicyclic) bond motifs is 1. The second-order valence-electron chi connectivity index (χ2n) is 4.45. The van der Waals surface area contributed by atoms with E-state index in [0.29, 0.717) is 0 Å². The van der Waals surface area contributed by atoms with Crippen molar-refractivity contribution in [2.45, 2.75) is 13.5 Å². The smallest absolute Gasteiger partial charge is 0.201 e. The average Bonchev–Trinajstić information content (AvgIpc) is 2.79. The molecule has 0 radical (unpaired) electrons. The van der Waals surface area contributed by atoms with Crippen LogP contribution in [0.15, 0.2) is 48.5 Å². The maximum atomic E-state index is 4.48. The summed E-state index contributed by atoms with van der Waals surface area (Å²) in [7, 11) is 0. The van der Waals surface area contributed by atoms with Crippen LogP contribution in [0.4, 0.5) is 5.95 Å². The van der Waals surface area contributed by atoms with Crippen LogP contribution >= 0.6 is 0 Å². The summed E-state index contributed by atoms with van der Waals surface area (Å²) in [6.45, 7) is 2.88. The van der Waals surface area contributed by atoms with E-state index in [9.17, 15) is 0 Å². The molecule has 0 amide bonds. The zero-order valence-electron chi connectivity index (χ0n) is 10.3. The number of benzene rings is 2. The van der Waals surface area contributed by atoms with Gasteiger partial charge in [0.1, 0.15) is 0 Å². The van der Waals surface area contributed by atoms with E-state index >= 15 is 0 Å². The monoisotopic (exact) mass is 237 g/mol. The van der Waals surface area contributed by atoms with Gasteiger partial charge in [-0.25, -0.2) is 4.98 Å². The maximum absolute atomic E-state index is 4.48. The molecule has 3 nitrogen and oxygen atoms in total. The van der Waals surface area contributed by atoms with Crippen molar-refractivity contribution < 1.29 is 0 Å². The first-order valence-electron chi connectivity index (χ1n) is 6.05. The van der Waals surface area contributed by atoms with Crippen molar-refractivity contribution in [3.8, 4) is 0 Å². The zero-order valence-corrected chi connectivity index (χ0v) is 10.3. The van der Waals surface area contributed by atoms with Gasteiger partial charge in [-0.05, 0) is 24.6 Å². The number of hydrogen-bond acceptors (Lipinski definition) is 2. The number of H-pyrrole nitrogens is 1. The zero-order chi connectivity index (χ0) is 12.4. The lowest BCUT2D eigenvalue weighted by Crippen LogP contribution is -2.00. The molecule has 3 heteroatoms. The molecule has 2 aromatic carbocycles. The predicted molar refractivity (Wildman–Crippen MR) is 74.6 cm³/mol. The Morgan fingerprint density at radius 3 is 2.83 bits per heavy atom. The minimum absolute atomic E-state index is 0.779. The van der Waals surface area contributed by atoms with Crippen LogP contribution in [0.5, 0.6) is 0 Å². The van der Waals surface area contributed by atoms with Gasteiger partial charge in [-0.2, -0.15) is 0 Å². The van der Waals surface area contributed by atoms with Gasteiger partial charge in [-0.1, -0.05) is 42.0 Å². The molecule has 0 saturated heterocycles. The van der Waals surface area contributed by atoms with Crippen LogP contribution in [-0.2, 0) is 6.54 Å². The third-order valence-electron chi connectivity index (χ3n) is 2.93. The van der Waals surface area contributed by atoms with Gasteiger partial charge in [0.05, 0.1) is 11.0 Å². The summed E-state index contributed by atoms with van der Waals surface area (Å²) in [5.41, 5.74) is 4.59. The molecule has 0 aliphatic heterocycles. The molecule has 1 heterocycles. The topological polar surface area (TPSA) is 40.7 Å². The van der Waals surface area contributed by atoms with E-state index in [-0.39, 0.29) is 0 Å². The molecule has 0 bridgehead atoms. The van der Waals surface area contributed by atoms with Gasteiger partial charge in [0.2, 0.25) is 5.95 Å². The minimum Gasteiger partial charge on any atom is -0.352 e. The predicted octanol–water partition coefficient (Wildman–Crippen LogP) is 3.48. The van der Waals surface area contributed by atoms with Crippen molar-refractivity contribution in [2.24, 2.45) is 0 Å². The average molecular weight is 237 g/mol. The number of aromatic nitrogens is 2. The first kappa shape index (κ1) is 10.8. The van der Waals surface area contributed by atoms with Crippen molar-refractivity contribution in [2.75, 3.05) is 5.32 Å². The van der Waals surface area contributed by atoms with E-state index in [0.717, 1.165) is 23.5 Å². The molecule has 0 aliphatic carbocycles.